The maximum atomic E-state index is 11.8. The van der Waals surface area contributed by atoms with Crippen molar-refractivity contribution in [3.63, 3.8) is 0 Å². The van der Waals surface area contributed by atoms with Gasteiger partial charge >= 0.3 is 0 Å². The van der Waals surface area contributed by atoms with E-state index in [1.165, 1.54) is 5.56 Å². The van der Waals surface area contributed by atoms with Gasteiger partial charge < -0.3 is 11.1 Å². The lowest BCUT2D eigenvalue weighted by Crippen LogP contribution is -2.33. The Morgan fingerprint density at radius 2 is 2.11 bits per heavy atom. The topological polar surface area (TPSA) is 58.4 Å². The zero-order chi connectivity index (χ0) is 12.3. The number of nitrogens with two attached hydrogens (primary N) is 1. The van der Waals surface area contributed by atoms with Crippen LogP contribution in [-0.4, -0.2) is 36.5 Å². The number of nitrogens with one attached hydrogen (secondary N) is 1. The predicted molar refractivity (Wildman–Crippen MR) is 76.1 cm³/mol. The Hall–Kier alpha value is -1.10. The van der Waals surface area contributed by atoms with Gasteiger partial charge in [-0.05, 0) is 25.5 Å². The molecule has 1 atom stereocenters. The number of hydrogen-bond donors (Lipinski definition) is 2. The third-order valence-corrected chi connectivity index (χ3v) is 3.01. The molecule has 2 rings (SSSR count). The van der Waals surface area contributed by atoms with Crippen LogP contribution in [0.5, 0.6) is 0 Å². The molecule has 0 bridgehead atoms. The molecule has 1 aromatic carbocycles. The van der Waals surface area contributed by atoms with Crippen molar-refractivity contribution in [2.45, 2.75) is 19.4 Å². The highest BCUT2D eigenvalue weighted by Gasteiger charge is 2.20. The van der Waals surface area contributed by atoms with Crippen LogP contribution in [0.15, 0.2) is 24.3 Å². The van der Waals surface area contributed by atoms with E-state index in [4.69, 9.17) is 5.73 Å². The van der Waals surface area contributed by atoms with Gasteiger partial charge in [0.2, 0.25) is 5.91 Å². The molecule has 1 aromatic rings. The third kappa shape index (κ3) is 4.29. The van der Waals surface area contributed by atoms with Gasteiger partial charge in [0, 0.05) is 24.8 Å². The maximum absolute atomic E-state index is 11.8. The molecule has 3 N–H and O–H groups in total. The van der Waals surface area contributed by atoms with Crippen molar-refractivity contribution in [2.75, 3.05) is 25.0 Å². The first kappa shape index (κ1) is 15.0. The van der Waals surface area contributed by atoms with Crippen molar-refractivity contribution in [1.29, 1.82) is 0 Å². The third-order valence-electron chi connectivity index (χ3n) is 3.01. The number of halogens is 1. The van der Waals surface area contributed by atoms with Gasteiger partial charge in [0.15, 0.2) is 0 Å². The van der Waals surface area contributed by atoms with E-state index in [0.29, 0.717) is 6.54 Å². The second-order valence-corrected chi connectivity index (χ2v) is 4.70. The molecule has 0 unspecified atom stereocenters. The van der Waals surface area contributed by atoms with Gasteiger partial charge in [-0.3, -0.25) is 9.69 Å². The smallest absolute Gasteiger partial charge is 0.238 e. The molecular weight excluding hydrogens is 250 g/mol. The normalized spacial score (nSPS) is 19.3. The molecule has 1 fully saturated rings. The minimum absolute atomic E-state index is 0. The van der Waals surface area contributed by atoms with E-state index in [9.17, 15) is 4.79 Å². The van der Waals surface area contributed by atoms with Gasteiger partial charge in [-0.2, -0.15) is 0 Å². The maximum Gasteiger partial charge on any atom is 0.238 e. The highest BCUT2D eigenvalue weighted by molar-refractivity contribution is 5.92. The standard InChI is InChI=1S/C13H19N3O.ClH/c1-10-2-4-12(5-3-10)15-13(17)9-16-7-6-11(14)8-16;/h2-5,11H,6-9,14H2,1H3,(H,15,17);1H/t11-;/m0./s1. The first-order valence-electron chi connectivity index (χ1n) is 5.98. The van der Waals surface area contributed by atoms with Crippen LogP contribution < -0.4 is 11.1 Å². The number of benzene rings is 1. The summed E-state index contributed by atoms with van der Waals surface area (Å²) in [4.78, 5) is 13.9. The number of likely N-dealkylation sites (tertiary alicyclic amines) is 1. The quantitative estimate of drug-likeness (QED) is 0.872. The fourth-order valence-electron chi connectivity index (χ4n) is 2.05. The van der Waals surface area contributed by atoms with Crippen molar-refractivity contribution in [3.8, 4) is 0 Å². The Morgan fingerprint density at radius 3 is 2.67 bits per heavy atom. The highest BCUT2D eigenvalue weighted by atomic mass is 35.5. The minimum atomic E-state index is 0. The molecule has 0 spiro atoms. The molecule has 0 aliphatic carbocycles. The number of nitrogens with zero attached hydrogens (tertiary/aromatic N) is 1. The van der Waals surface area contributed by atoms with Crippen molar-refractivity contribution in [1.82, 2.24) is 4.90 Å². The summed E-state index contributed by atoms with van der Waals surface area (Å²) >= 11 is 0. The van der Waals surface area contributed by atoms with E-state index in [1.54, 1.807) is 0 Å². The minimum Gasteiger partial charge on any atom is -0.326 e. The Kier molecular flexibility index (Phi) is 5.59. The van der Waals surface area contributed by atoms with Crippen LogP contribution in [0.1, 0.15) is 12.0 Å². The molecule has 100 valence electrons. The monoisotopic (exact) mass is 269 g/mol. The number of carbonyl (C=O) groups is 1. The van der Waals surface area contributed by atoms with Crippen LogP contribution in [0.25, 0.3) is 0 Å². The second kappa shape index (κ2) is 6.73. The van der Waals surface area contributed by atoms with Crippen LogP contribution in [0.3, 0.4) is 0 Å². The molecule has 0 radical (unpaired) electrons. The van der Waals surface area contributed by atoms with E-state index in [-0.39, 0.29) is 24.4 Å². The Bertz CT molecular complexity index is 394. The van der Waals surface area contributed by atoms with E-state index in [2.05, 4.69) is 10.2 Å². The summed E-state index contributed by atoms with van der Waals surface area (Å²) in [6, 6.07) is 8.04. The molecule has 5 heteroatoms. The number of hydrogen-bond acceptors (Lipinski definition) is 3. The van der Waals surface area contributed by atoms with E-state index in [0.717, 1.165) is 25.2 Å². The Labute approximate surface area is 114 Å². The summed E-state index contributed by atoms with van der Waals surface area (Å²) in [6.45, 7) is 4.20. The fraction of sp³-hybridized carbons (Fsp3) is 0.462. The number of aryl methyl sites for hydroxylation is 1. The van der Waals surface area contributed by atoms with Gasteiger partial charge in [-0.15, -0.1) is 12.4 Å². The van der Waals surface area contributed by atoms with E-state index >= 15 is 0 Å². The molecule has 4 nitrogen and oxygen atoms in total. The Balaban J connectivity index is 0.00000162. The zero-order valence-corrected chi connectivity index (χ0v) is 11.4. The van der Waals surface area contributed by atoms with E-state index < -0.39 is 0 Å². The molecule has 18 heavy (non-hydrogen) atoms. The average molecular weight is 270 g/mol. The lowest BCUT2D eigenvalue weighted by Gasteiger charge is -2.14. The summed E-state index contributed by atoms with van der Waals surface area (Å²) in [7, 11) is 0. The summed E-state index contributed by atoms with van der Waals surface area (Å²) in [5.41, 5.74) is 7.84. The SMILES string of the molecule is Cc1ccc(NC(=O)CN2CC[C@H](N)C2)cc1.Cl. The number of rotatable bonds is 3. The molecule has 0 aromatic heterocycles. The summed E-state index contributed by atoms with van der Waals surface area (Å²) in [5, 5.41) is 2.89. The van der Waals surface area contributed by atoms with Crippen LogP contribution >= 0.6 is 12.4 Å². The molecule has 1 saturated heterocycles. The molecule has 1 aliphatic heterocycles. The number of carbonyl (C=O) groups excluding carboxylic acids is 1. The molecular formula is C13H20ClN3O. The van der Waals surface area contributed by atoms with Gasteiger partial charge in [0.05, 0.1) is 6.54 Å². The van der Waals surface area contributed by atoms with Gasteiger partial charge in [-0.1, -0.05) is 17.7 Å². The first-order chi connectivity index (χ1) is 8.13. The molecule has 1 amide bonds. The average Bonchev–Trinajstić information content (AvgIpc) is 2.67. The zero-order valence-electron chi connectivity index (χ0n) is 10.6. The predicted octanol–water partition coefficient (Wildman–Crippen LogP) is 1.39. The first-order valence-corrected chi connectivity index (χ1v) is 5.98. The fourth-order valence-corrected chi connectivity index (χ4v) is 2.05. The van der Waals surface area contributed by atoms with Crippen molar-refractivity contribution >= 4 is 24.0 Å². The molecule has 1 aliphatic rings. The lowest BCUT2D eigenvalue weighted by molar-refractivity contribution is -0.117. The van der Waals surface area contributed by atoms with Gasteiger partial charge in [0.1, 0.15) is 0 Å². The molecule has 0 saturated carbocycles. The van der Waals surface area contributed by atoms with Crippen molar-refractivity contribution < 1.29 is 4.79 Å². The van der Waals surface area contributed by atoms with Crippen molar-refractivity contribution in [3.05, 3.63) is 29.8 Å². The molecule has 1 heterocycles. The van der Waals surface area contributed by atoms with Crippen molar-refractivity contribution in [2.24, 2.45) is 5.73 Å². The second-order valence-electron chi connectivity index (χ2n) is 4.70. The summed E-state index contributed by atoms with van der Waals surface area (Å²) in [5.74, 6) is 0.0305. The summed E-state index contributed by atoms with van der Waals surface area (Å²) in [6.07, 6.45) is 0.984. The number of anilines is 1. The van der Waals surface area contributed by atoms with Gasteiger partial charge in [0.25, 0.3) is 0 Å². The Morgan fingerprint density at radius 1 is 1.44 bits per heavy atom. The van der Waals surface area contributed by atoms with Crippen LogP contribution in [-0.2, 0) is 4.79 Å². The van der Waals surface area contributed by atoms with E-state index in [1.807, 2.05) is 31.2 Å². The largest absolute Gasteiger partial charge is 0.326 e. The highest BCUT2D eigenvalue weighted by Crippen LogP contribution is 2.10. The van der Waals surface area contributed by atoms with Crippen LogP contribution in [0, 0.1) is 6.92 Å². The van der Waals surface area contributed by atoms with Crippen LogP contribution in [0.2, 0.25) is 0 Å². The number of amides is 1. The van der Waals surface area contributed by atoms with Crippen LogP contribution in [0.4, 0.5) is 5.69 Å². The summed E-state index contributed by atoms with van der Waals surface area (Å²) < 4.78 is 0. The van der Waals surface area contributed by atoms with Gasteiger partial charge in [-0.25, -0.2) is 0 Å². The lowest BCUT2D eigenvalue weighted by atomic mass is 10.2.